The van der Waals surface area contributed by atoms with Gasteiger partial charge in [0, 0.05) is 25.3 Å². The van der Waals surface area contributed by atoms with Gasteiger partial charge in [0.2, 0.25) is 0 Å². The first-order chi connectivity index (χ1) is 10.7. The lowest BCUT2D eigenvalue weighted by Gasteiger charge is -2.13. The molecule has 22 heavy (non-hydrogen) atoms. The minimum atomic E-state index is 0.562. The van der Waals surface area contributed by atoms with Crippen LogP contribution in [0, 0.1) is 5.92 Å². The van der Waals surface area contributed by atoms with Gasteiger partial charge in [-0.25, -0.2) is 4.99 Å². The summed E-state index contributed by atoms with van der Waals surface area (Å²) in [6.07, 6.45) is 0. The minimum absolute atomic E-state index is 0.562. The number of rotatable bonds is 9. The Balaban J connectivity index is 2.47. The average Bonchev–Trinajstić information content (AvgIpc) is 2.52. The molecule has 0 fully saturated rings. The SMILES string of the molecule is CCNC(=NCc1ccccc1OC)NCCOCC(C)C. The Morgan fingerprint density at radius 1 is 1.23 bits per heavy atom. The summed E-state index contributed by atoms with van der Waals surface area (Å²) in [5, 5.41) is 6.51. The molecule has 1 rings (SSSR count). The first-order valence-corrected chi connectivity index (χ1v) is 7.89. The van der Waals surface area contributed by atoms with E-state index in [9.17, 15) is 0 Å². The summed E-state index contributed by atoms with van der Waals surface area (Å²) >= 11 is 0. The van der Waals surface area contributed by atoms with Crippen LogP contribution < -0.4 is 15.4 Å². The fourth-order valence-corrected chi connectivity index (χ4v) is 1.90. The molecule has 5 heteroatoms. The number of aliphatic imine (C=N–C) groups is 1. The van der Waals surface area contributed by atoms with Crippen LogP contribution in [0.15, 0.2) is 29.3 Å². The lowest BCUT2D eigenvalue weighted by molar-refractivity contribution is 0.114. The van der Waals surface area contributed by atoms with Gasteiger partial charge in [0.05, 0.1) is 20.3 Å². The molecule has 5 nitrogen and oxygen atoms in total. The Morgan fingerprint density at radius 3 is 2.68 bits per heavy atom. The molecule has 0 aliphatic heterocycles. The molecule has 0 spiro atoms. The minimum Gasteiger partial charge on any atom is -0.496 e. The quantitative estimate of drug-likeness (QED) is 0.418. The molecule has 0 saturated heterocycles. The van der Waals surface area contributed by atoms with Crippen LogP contribution in [0.25, 0.3) is 0 Å². The Bertz CT molecular complexity index is 447. The van der Waals surface area contributed by atoms with Crippen LogP contribution in [-0.4, -0.2) is 39.4 Å². The first kappa shape index (κ1) is 18.3. The zero-order valence-electron chi connectivity index (χ0n) is 14.2. The van der Waals surface area contributed by atoms with Gasteiger partial charge in [-0.05, 0) is 18.9 Å². The second-order valence-corrected chi connectivity index (χ2v) is 5.40. The lowest BCUT2D eigenvalue weighted by Crippen LogP contribution is -2.39. The van der Waals surface area contributed by atoms with E-state index < -0.39 is 0 Å². The van der Waals surface area contributed by atoms with Crippen LogP contribution >= 0.6 is 0 Å². The molecule has 0 aromatic heterocycles. The van der Waals surface area contributed by atoms with E-state index in [0.717, 1.165) is 37.0 Å². The number of benzene rings is 1. The second kappa shape index (κ2) is 10.9. The maximum Gasteiger partial charge on any atom is 0.191 e. The fraction of sp³-hybridized carbons (Fsp3) is 0.588. The molecule has 0 amide bonds. The average molecular weight is 307 g/mol. The first-order valence-electron chi connectivity index (χ1n) is 7.89. The van der Waals surface area contributed by atoms with E-state index in [1.165, 1.54) is 0 Å². The van der Waals surface area contributed by atoms with Crippen molar-refractivity contribution in [2.24, 2.45) is 10.9 Å². The van der Waals surface area contributed by atoms with Crippen molar-refractivity contribution in [1.29, 1.82) is 0 Å². The van der Waals surface area contributed by atoms with E-state index >= 15 is 0 Å². The van der Waals surface area contributed by atoms with E-state index in [-0.39, 0.29) is 0 Å². The van der Waals surface area contributed by atoms with Gasteiger partial charge < -0.3 is 20.1 Å². The highest BCUT2D eigenvalue weighted by molar-refractivity contribution is 5.79. The van der Waals surface area contributed by atoms with E-state index in [1.54, 1.807) is 7.11 Å². The predicted octanol–water partition coefficient (Wildman–Crippen LogP) is 2.42. The summed E-state index contributed by atoms with van der Waals surface area (Å²) < 4.78 is 10.9. The van der Waals surface area contributed by atoms with Crippen LogP contribution in [0.4, 0.5) is 0 Å². The van der Waals surface area contributed by atoms with Crippen molar-refractivity contribution in [3.63, 3.8) is 0 Å². The molecule has 1 aromatic rings. The van der Waals surface area contributed by atoms with Crippen molar-refractivity contribution in [3.8, 4) is 5.75 Å². The molecule has 0 bridgehead atoms. The van der Waals surface area contributed by atoms with E-state index in [4.69, 9.17) is 9.47 Å². The number of nitrogens with zero attached hydrogens (tertiary/aromatic N) is 1. The zero-order valence-corrected chi connectivity index (χ0v) is 14.2. The van der Waals surface area contributed by atoms with Gasteiger partial charge in [-0.2, -0.15) is 0 Å². The monoisotopic (exact) mass is 307 g/mol. The smallest absolute Gasteiger partial charge is 0.191 e. The number of guanidine groups is 1. The Kier molecular flexibility index (Phi) is 9.07. The third-order valence-electron chi connectivity index (χ3n) is 2.93. The molecular weight excluding hydrogens is 278 g/mol. The molecule has 0 saturated carbocycles. The topological polar surface area (TPSA) is 54.9 Å². The molecular formula is C17H29N3O2. The molecule has 0 heterocycles. The summed E-state index contributed by atoms with van der Waals surface area (Å²) in [6.45, 7) is 9.95. The Labute approximate surface area is 134 Å². The molecule has 0 atom stereocenters. The van der Waals surface area contributed by atoms with Crippen molar-refractivity contribution < 1.29 is 9.47 Å². The van der Waals surface area contributed by atoms with Crippen molar-refractivity contribution in [1.82, 2.24) is 10.6 Å². The van der Waals surface area contributed by atoms with Crippen LogP contribution in [-0.2, 0) is 11.3 Å². The number of ether oxygens (including phenoxy) is 2. The van der Waals surface area contributed by atoms with E-state index in [1.807, 2.05) is 24.3 Å². The van der Waals surface area contributed by atoms with Crippen molar-refractivity contribution in [3.05, 3.63) is 29.8 Å². The van der Waals surface area contributed by atoms with Crippen molar-refractivity contribution >= 4 is 5.96 Å². The molecule has 1 aromatic carbocycles. The maximum absolute atomic E-state index is 5.56. The van der Waals surface area contributed by atoms with Crippen molar-refractivity contribution in [2.75, 3.05) is 33.4 Å². The molecule has 2 N–H and O–H groups in total. The van der Waals surface area contributed by atoms with Crippen LogP contribution in [0.1, 0.15) is 26.3 Å². The highest BCUT2D eigenvalue weighted by Gasteiger charge is 2.02. The van der Waals surface area contributed by atoms with Crippen LogP contribution in [0.5, 0.6) is 5.75 Å². The highest BCUT2D eigenvalue weighted by atomic mass is 16.5. The summed E-state index contributed by atoms with van der Waals surface area (Å²) in [6, 6.07) is 7.93. The van der Waals surface area contributed by atoms with Crippen LogP contribution in [0.3, 0.4) is 0 Å². The van der Waals surface area contributed by atoms with Gasteiger partial charge in [-0.15, -0.1) is 0 Å². The number of hydrogen-bond donors (Lipinski definition) is 2. The third kappa shape index (κ3) is 7.31. The molecule has 0 aliphatic rings. The van der Waals surface area contributed by atoms with Gasteiger partial charge in [-0.1, -0.05) is 32.0 Å². The number of hydrogen-bond acceptors (Lipinski definition) is 3. The predicted molar refractivity (Wildman–Crippen MR) is 91.5 cm³/mol. The lowest BCUT2D eigenvalue weighted by atomic mass is 10.2. The van der Waals surface area contributed by atoms with Crippen LogP contribution in [0.2, 0.25) is 0 Å². The Hall–Kier alpha value is -1.75. The van der Waals surface area contributed by atoms with Gasteiger partial charge in [0.15, 0.2) is 5.96 Å². The van der Waals surface area contributed by atoms with Gasteiger partial charge in [0.1, 0.15) is 5.75 Å². The van der Waals surface area contributed by atoms with E-state index in [0.29, 0.717) is 19.1 Å². The zero-order chi connectivity index (χ0) is 16.2. The number of para-hydroxylation sites is 1. The van der Waals surface area contributed by atoms with Gasteiger partial charge >= 0.3 is 0 Å². The second-order valence-electron chi connectivity index (χ2n) is 5.40. The fourth-order valence-electron chi connectivity index (χ4n) is 1.90. The van der Waals surface area contributed by atoms with E-state index in [2.05, 4.69) is 36.4 Å². The number of nitrogens with one attached hydrogen (secondary N) is 2. The summed E-state index contributed by atoms with van der Waals surface area (Å²) in [7, 11) is 1.68. The highest BCUT2D eigenvalue weighted by Crippen LogP contribution is 2.17. The molecule has 0 unspecified atom stereocenters. The summed E-state index contributed by atoms with van der Waals surface area (Å²) in [4.78, 5) is 4.58. The molecule has 0 radical (unpaired) electrons. The summed E-state index contributed by atoms with van der Waals surface area (Å²) in [5.41, 5.74) is 1.07. The Morgan fingerprint density at radius 2 is 2.00 bits per heavy atom. The summed E-state index contributed by atoms with van der Waals surface area (Å²) in [5.74, 6) is 2.22. The largest absolute Gasteiger partial charge is 0.496 e. The maximum atomic E-state index is 5.56. The number of methoxy groups -OCH3 is 1. The third-order valence-corrected chi connectivity index (χ3v) is 2.93. The normalized spacial score (nSPS) is 11.6. The standard InChI is InChI=1S/C17H29N3O2/c1-5-18-17(19-10-11-22-13-14(2)3)20-12-15-8-6-7-9-16(15)21-4/h6-9,14H,5,10-13H2,1-4H3,(H2,18,19,20). The molecule has 124 valence electrons. The van der Waals surface area contributed by atoms with Gasteiger partial charge in [0.25, 0.3) is 0 Å². The molecule has 0 aliphatic carbocycles. The van der Waals surface area contributed by atoms with Crippen molar-refractivity contribution in [2.45, 2.75) is 27.3 Å². The van der Waals surface area contributed by atoms with Gasteiger partial charge in [-0.3, -0.25) is 0 Å².